The molecule has 1 aliphatic rings. The number of H-pyrrole nitrogens is 1. The zero-order valence-electron chi connectivity index (χ0n) is 16.2. The van der Waals surface area contributed by atoms with Crippen LogP contribution in [-0.2, 0) is 16.0 Å². The average molecular weight is 419 g/mol. The van der Waals surface area contributed by atoms with Gasteiger partial charge in [0.05, 0.1) is 25.5 Å². The number of thioether (sulfide) groups is 1. The number of amides is 2. The van der Waals surface area contributed by atoms with Crippen molar-refractivity contribution in [2.45, 2.75) is 36.6 Å². The number of benzene rings is 1. The summed E-state index contributed by atoms with van der Waals surface area (Å²) in [5, 5.41) is 9.30. The number of nitrogens with one attached hydrogen (secondary N) is 1. The monoisotopic (exact) mass is 419 g/mol. The van der Waals surface area contributed by atoms with E-state index in [0.717, 1.165) is 16.7 Å². The highest BCUT2D eigenvalue weighted by Crippen LogP contribution is 2.38. The number of methoxy groups -OCH3 is 2. The maximum Gasteiger partial charge on any atom is 0.258 e. The van der Waals surface area contributed by atoms with Crippen molar-refractivity contribution in [2.75, 3.05) is 19.1 Å². The predicted octanol–water partition coefficient (Wildman–Crippen LogP) is 1.87. The van der Waals surface area contributed by atoms with Gasteiger partial charge in [-0.15, -0.1) is 0 Å². The first kappa shape index (κ1) is 20.7. The third-order valence-corrected chi connectivity index (χ3v) is 5.53. The molecule has 2 N–H and O–H groups in total. The number of aromatic amines is 1. The van der Waals surface area contributed by atoms with Gasteiger partial charge in [0.25, 0.3) is 5.56 Å². The van der Waals surface area contributed by atoms with Gasteiger partial charge in [-0.1, -0.05) is 25.1 Å². The van der Waals surface area contributed by atoms with Gasteiger partial charge < -0.3 is 19.6 Å². The molecule has 2 amide bonds. The number of aromatic nitrogens is 2. The zero-order valence-corrected chi connectivity index (χ0v) is 17.0. The second kappa shape index (κ2) is 8.56. The lowest BCUT2D eigenvalue weighted by Crippen LogP contribution is -2.31. The van der Waals surface area contributed by atoms with Gasteiger partial charge in [0, 0.05) is 12.5 Å². The van der Waals surface area contributed by atoms with Crippen molar-refractivity contribution < 1.29 is 24.2 Å². The number of hydrogen-bond acceptors (Lipinski definition) is 8. The Balaban J connectivity index is 1.88. The summed E-state index contributed by atoms with van der Waals surface area (Å²) in [6.45, 7) is 1.88. The molecule has 1 fully saturated rings. The summed E-state index contributed by atoms with van der Waals surface area (Å²) in [4.78, 5) is 45.2. The van der Waals surface area contributed by atoms with E-state index in [1.54, 1.807) is 18.2 Å². The Morgan fingerprint density at radius 1 is 1.28 bits per heavy atom. The number of anilines is 1. The normalized spacial score (nSPS) is 16.4. The molecule has 1 aliphatic heterocycles. The number of aromatic hydroxyl groups is 1. The SMILES string of the molecule is CCCc1c(O)nc(S[C@H]2CC(=O)N(c3cc(OC)ccc3OC)C2=O)[nH]c1=O. The minimum atomic E-state index is -0.794. The average Bonchev–Trinajstić information content (AvgIpc) is 2.97. The van der Waals surface area contributed by atoms with Gasteiger partial charge in [0.1, 0.15) is 16.7 Å². The van der Waals surface area contributed by atoms with Gasteiger partial charge in [-0.05, 0) is 18.6 Å². The largest absolute Gasteiger partial charge is 0.497 e. The second-order valence-corrected chi connectivity index (χ2v) is 7.53. The molecule has 154 valence electrons. The molecule has 10 heteroatoms. The summed E-state index contributed by atoms with van der Waals surface area (Å²) in [6, 6.07) is 4.82. The fourth-order valence-electron chi connectivity index (χ4n) is 3.05. The Bertz CT molecular complexity index is 1010. The highest BCUT2D eigenvalue weighted by Gasteiger charge is 2.42. The van der Waals surface area contributed by atoms with Crippen LogP contribution in [0.5, 0.6) is 17.4 Å². The Kier molecular flexibility index (Phi) is 6.12. The van der Waals surface area contributed by atoms with Crippen molar-refractivity contribution in [2.24, 2.45) is 0 Å². The van der Waals surface area contributed by atoms with E-state index < -0.39 is 22.6 Å². The van der Waals surface area contributed by atoms with Crippen LogP contribution in [0.2, 0.25) is 0 Å². The van der Waals surface area contributed by atoms with Crippen molar-refractivity contribution in [1.29, 1.82) is 0 Å². The molecule has 0 bridgehead atoms. The van der Waals surface area contributed by atoms with Gasteiger partial charge >= 0.3 is 0 Å². The molecule has 1 aromatic heterocycles. The third-order valence-electron chi connectivity index (χ3n) is 4.46. The molecule has 0 saturated carbocycles. The molecule has 9 nitrogen and oxygen atoms in total. The maximum atomic E-state index is 12.9. The third kappa shape index (κ3) is 4.07. The Labute approximate surface area is 171 Å². The molecule has 29 heavy (non-hydrogen) atoms. The van der Waals surface area contributed by atoms with Crippen LogP contribution < -0.4 is 19.9 Å². The van der Waals surface area contributed by atoms with Gasteiger partial charge in [-0.3, -0.25) is 14.4 Å². The van der Waals surface area contributed by atoms with E-state index in [1.807, 2.05) is 6.92 Å². The van der Waals surface area contributed by atoms with Crippen LogP contribution in [0.15, 0.2) is 28.2 Å². The molecule has 2 heterocycles. The van der Waals surface area contributed by atoms with E-state index >= 15 is 0 Å². The highest BCUT2D eigenvalue weighted by atomic mass is 32.2. The molecule has 1 saturated heterocycles. The summed E-state index contributed by atoms with van der Waals surface area (Å²) < 4.78 is 10.5. The zero-order chi connectivity index (χ0) is 21.1. The molecule has 1 aromatic carbocycles. The molecule has 1 atom stereocenters. The second-order valence-electron chi connectivity index (χ2n) is 6.34. The van der Waals surface area contributed by atoms with Gasteiger partial charge in [0.15, 0.2) is 5.16 Å². The van der Waals surface area contributed by atoms with Gasteiger partial charge in [0.2, 0.25) is 17.7 Å². The first-order valence-electron chi connectivity index (χ1n) is 8.97. The summed E-state index contributed by atoms with van der Waals surface area (Å²) in [7, 11) is 2.92. The van der Waals surface area contributed by atoms with E-state index in [-0.39, 0.29) is 28.7 Å². The maximum absolute atomic E-state index is 12.9. The lowest BCUT2D eigenvalue weighted by Gasteiger charge is -2.18. The van der Waals surface area contributed by atoms with E-state index in [2.05, 4.69) is 9.97 Å². The lowest BCUT2D eigenvalue weighted by atomic mass is 10.2. The Hall–Kier alpha value is -3.01. The fraction of sp³-hybridized carbons (Fsp3) is 0.368. The molecule has 0 unspecified atom stereocenters. The molecular formula is C19H21N3O6S. The van der Waals surface area contributed by atoms with Crippen molar-refractivity contribution in [3.8, 4) is 17.4 Å². The number of carbonyl (C=O) groups excluding carboxylic acids is 2. The molecule has 0 aliphatic carbocycles. The lowest BCUT2D eigenvalue weighted by molar-refractivity contribution is -0.121. The first-order valence-corrected chi connectivity index (χ1v) is 9.85. The molecular weight excluding hydrogens is 398 g/mol. The summed E-state index contributed by atoms with van der Waals surface area (Å²) >= 11 is 0.929. The smallest absolute Gasteiger partial charge is 0.258 e. The quantitative estimate of drug-likeness (QED) is 0.515. The van der Waals surface area contributed by atoms with Crippen LogP contribution in [-0.4, -0.2) is 46.4 Å². The van der Waals surface area contributed by atoms with Gasteiger partial charge in [-0.2, -0.15) is 4.98 Å². The van der Waals surface area contributed by atoms with Crippen LogP contribution in [0.25, 0.3) is 0 Å². The van der Waals surface area contributed by atoms with Crippen molar-refractivity contribution >= 4 is 29.3 Å². The van der Waals surface area contributed by atoms with E-state index in [1.165, 1.54) is 14.2 Å². The van der Waals surface area contributed by atoms with E-state index in [0.29, 0.717) is 24.3 Å². The minimum absolute atomic E-state index is 0.0783. The molecule has 2 aromatic rings. The Morgan fingerprint density at radius 3 is 2.66 bits per heavy atom. The summed E-state index contributed by atoms with van der Waals surface area (Å²) in [5.74, 6) is -0.410. The van der Waals surface area contributed by atoms with E-state index in [9.17, 15) is 19.5 Å². The minimum Gasteiger partial charge on any atom is -0.497 e. The number of nitrogens with zero attached hydrogens (tertiary/aromatic N) is 2. The molecule has 3 rings (SSSR count). The first-order chi connectivity index (χ1) is 13.9. The standard InChI is InChI=1S/C19H21N3O6S/c1-4-5-11-16(24)20-19(21-17(11)25)29-14-9-15(23)22(18(14)26)12-8-10(27-2)6-7-13(12)28-3/h6-8,14H,4-5,9H2,1-3H3,(H2,20,21,24,25)/t14-/m0/s1. The van der Waals surface area contributed by atoms with Crippen molar-refractivity contribution in [3.63, 3.8) is 0 Å². The highest BCUT2D eigenvalue weighted by molar-refractivity contribution is 8.00. The van der Waals surface area contributed by atoms with Gasteiger partial charge in [-0.25, -0.2) is 4.90 Å². The van der Waals surface area contributed by atoms with Crippen LogP contribution in [0, 0.1) is 0 Å². The number of rotatable bonds is 7. The van der Waals surface area contributed by atoms with Crippen molar-refractivity contribution in [1.82, 2.24) is 9.97 Å². The number of ether oxygens (including phenoxy) is 2. The molecule has 0 radical (unpaired) electrons. The van der Waals surface area contributed by atoms with E-state index in [4.69, 9.17) is 9.47 Å². The number of carbonyl (C=O) groups is 2. The summed E-state index contributed by atoms with van der Waals surface area (Å²) in [6.07, 6.45) is 0.992. The van der Waals surface area contributed by atoms with Crippen LogP contribution in [0.1, 0.15) is 25.3 Å². The predicted molar refractivity (Wildman–Crippen MR) is 107 cm³/mol. The Morgan fingerprint density at radius 2 is 2.03 bits per heavy atom. The fourth-order valence-corrected chi connectivity index (χ4v) is 4.04. The van der Waals surface area contributed by atoms with Crippen molar-refractivity contribution in [3.05, 3.63) is 34.1 Å². The number of hydrogen-bond donors (Lipinski definition) is 2. The van der Waals surface area contributed by atoms with Crippen LogP contribution in [0.4, 0.5) is 5.69 Å². The topological polar surface area (TPSA) is 122 Å². The van der Waals surface area contributed by atoms with Crippen LogP contribution in [0.3, 0.4) is 0 Å². The number of imide groups is 1. The summed E-state index contributed by atoms with van der Waals surface area (Å²) in [5.41, 5.74) is 0.0332. The molecule has 0 spiro atoms. The van der Waals surface area contributed by atoms with Crippen LogP contribution >= 0.6 is 11.8 Å².